The largest absolute Gasteiger partial charge is 0.278 e. The van der Waals surface area contributed by atoms with Gasteiger partial charge >= 0.3 is 0 Å². The molecule has 0 spiro atoms. The van der Waals surface area contributed by atoms with Gasteiger partial charge < -0.3 is 0 Å². The van der Waals surface area contributed by atoms with E-state index in [2.05, 4.69) is 6.92 Å². The molecular formula is C5H12NS. The van der Waals surface area contributed by atoms with E-state index in [4.69, 9.17) is 5.14 Å². The van der Waals surface area contributed by atoms with Gasteiger partial charge in [0.2, 0.25) is 0 Å². The monoisotopic (exact) mass is 118 g/mol. The molecule has 1 radical (unpaired) electrons. The number of hydrogen-bond acceptors (Lipinski definition) is 2. The highest BCUT2D eigenvalue weighted by molar-refractivity contribution is 7.97. The summed E-state index contributed by atoms with van der Waals surface area (Å²) in [6.07, 6.45) is 3.47. The average molecular weight is 118 g/mol. The zero-order valence-electron chi connectivity index (χ0n) is 4.52. The fourth-order valence-electron chi connectivity index (χ4n) is 0.362. The van der Waals surface area contributed by atoms with Crippen LogP contribution in [0.15, 0.2) is 0 Å². The van der Waals surface area contributed by atoms with Crippen molar-refractivity contribution in [1.29, 1.82) is 0 Å². The summed E-state index contributed by atoms with van der Waals surface area (Å²) in [5.74, 6) is 1.08. The lowest BCUT2D eigenvalue weighted by Gasteiger charge is -1.90. The smallest absolute Gasteiger partial charge is 0.00764 e. The van der Waals surface area contributed by atoms with Crippen molar-refractivity contribution in [2.45, 2.75) is 19.3 Å². The third-order valence-corrected chi connectivity index (χ3v) is 1.29. The maximum absolute atomic E-state index is 5.17. The lowest BCUT2D eigenvalue weighted by molar-refractivity contribution is 0.821. The molecule has 0 atom stereocenters. The molecule has 0 aromatic carbocycles. The Morgan fingerprint density at radius 3 is 2.57 bits per heavy atom. The first-order chi connectivity index (χ1) is 3.41. The minimum atomic E-state index is 1.04. The lowest BCUT2D eigenvalue weighted by atomic mass is 10.3. The van der Waals surface area contributed by atoms with Crippen LogP contribution in [-0.4, -0.2) is 5.75 Å². The van der Waals surface area contributed by atoms with E-state index >= 15 is 0 Å². The summed E-state index contributed by atoms with van der Waals surface area (Å²) in [5.41, 5.74) is 0. The number of nitrogens with two attached hydrogens (primary N) is 1. The normalized spacial score (nSPS) is 9.43. The molecule has 0 aliphatic carbocycles. The van der Waals surface area contributed by atoms with E-state index in [-0.39, 0.29) is 0 Å². The van der Waals surface area contributed by atoms with E-state index in [1.807, 2.05) is 0 Å². The van der Waals surface area contributed by atoms with Crippen molar-refractivity contribution in [3.8, 4) is 0 Å². The van der Waals surface area contributed by atoms with Crippen LogP contribution in [0.3, 0.4) is 0 Å². The van der Waals surface area contributed by atoms with Gasteiger partial charge in [0.15, 0.2) is 0 Å². The van der Waals surface area contributed by atoms with E-state index < -0.39 is 0 Å². The van der Waals surface area contributed by atoms with Gasteiger partial charge in [0.1, 0.15) is 0 Å². The zero-order chi connectivity index (χ0) is 5.54. The minimum Gasteiger partial charge on any atom is -0.278 e. The highest BCUT2D eigenvalue weighted by atomic mass is 32.2. The first-order valence-electron chi connectivity index (χ1n) is 2.52. The molecule has 0 unspecified atom stereocenters. The fraction of sp³-hybridized carbons (Fsp3) is 0.800. The molecule has 0 fully saturated rings. The van der Waals surface area contributed by atoms with Crippen molar-refractivity contribution in [2.24, 2.45) is 5.14 Å². The van der Waals surface area contributed by atoms with Crippen LogP contribution in [0, 0.1) is 6.92 Å². The number of hydrogen-bond donors (Lipinski definition) is 1. The first-order valence-corrected chi connectivity index (χ1v) is 3.57. The molecule has 0 heterocycles. The highest BCUT2D eigenvalue weighted by Gasteiger charge is 1.80. The summed E-state index contributed by atoms with van der Waals surface area (Å²) in [6.45, 7) is 3.71. The maximum atomic E-state index is 5.17. The van der Waals surface area contributed by atoms with E-state index in [1.54, 1.807) is 0 Å². The number of unbranched alkanes of at least 4 members (excludes halogenated alkanes) is 2. The van der Waals surface area contributed by atoms with Crippen LogP contribution in [0.4, 0.5) is 0 Å². The van der Waals surface area contributed by atoms with E-state index in [0.717, 1.165) is 12.2 Å². The van der Waals surface area contributed by atoms with Gasteiger partial charge in [-0.25, -0.2) is 0 Å². The zero-order valence-corrected chi connectivity index (χ0v) is 5.34. The van der Waals surface area contributed by atoms with Crippen molar-refractivity contribution in [3.05, 3.63) is 6.92 Å². The molecule has 0 saturated heterocycles. The standard InChI is InChI=1S/C5H12NS/c1-2-3-4-5-7-6/h1-6H2. The van der Waals surface area contributed by atoms with Crippen molar-refractivity contribution < 1.29 is 0 Å². The van der Waals surface area contributed by atoms with Gasteiger partial charge in [-0.15, -0.1) is 0 Å². The van der Waals surface area contributed by atoms with Gasteiger partial charge in [-0.2, -0.15) is 0 Å². The van der Waals surface area contributed by atoms with Crippen molar-refractivity contribution in [3.63, 3.8) is 0 Å². The Bertz CT molecular complexity index is 27.3. The number of rotatable bonds is 4. The predicted octanol–water partition coefficient (Wildman–Crippen LogP) is 1.60. The second-order valence-electron chi connectivity index (χ2n) is 1.43. The molecule has 0 aromatic rings. The van der Waals surface area contributed by atoms with Gasteiger partial charge in [0.25, 0.3) is 0 Å². The Balaban J connectivity index is 2.45. The van der Waals surface area contributed by atoms with Gasteiger partial charge in [-0.05, 0) is 6.42 Å². The van der Waals surface area contributed by atoms with Crippen molar-refractivity contribution >= 4 is 11.9 Å². The summed E-state index contributed by atoms with van der Waals surface area (Å²) in [5, 5.41) is 5.17. The topological polar surface area (TPSA) is 26.0 Å². The molecule has 1 nitrogen and oxygen atoms in total. The Hall–Kier alpha value is 0.310. The fourth-order valence-corrected chi connectivity index (χ4v) is 0.733. The van der Waals surface area contributed by atoms with Crippen LogP contribution in [0.2, 0.25) is 0 Å². The second-order valence-corrected chi connectivity index (χ2v) is 2.17. The summed E-state index contributed by atoms with van der Waals surface area (Å²) < 4.78 is 0. The molecular weight excluding hydrogens is 106 g/mol. The Morgan fingerprint density at radius 1 is 1.43 bits per heavy atom. The molecule has 0 bridgehead atoms. The SMILES string of the molecule is [CH2]CCCCSN. The Kier molecular flexibility index (Phi) is 6.59. The molecule has 0 aromatic heterocycles. The molecule has 0 amide bonds. The van der Waals surface area contributed by atoms with Gasteiger partial charge in [-0.3, -0.25) is 5.14 Å². The minimum absolute atomic E-state index is 1.04. The Labute approximate surface area is 49.8 Å². The molecule has 2 heteroatoms. The van der Waals surface area contributed by atoms with Crippen LogP contribution in [0.1, 0.15) is 19.3 Å². The molecule has 2 N–H and O–H groups in total. The van der Waals surface area contributed by atoms with Crippen LogP contribution < -0.4 is 5.14 Å². The quantitative estimate of drug-likeness (QED) is 0.448. The molecule has 0 aliphatic heterocycles. The highest BCUT2D eigenvalue weighted by Crippen LogP contribution is 1.97. The van der Waals surface area contributed by atoms with Crippen LogP contribution in [-0.2, 0) is 0 Å². The van der Waals surface area contributed by atoms with E-state index in [1.165, 1.54) is 24.8 Å². The molecule has 7 heavy (non-hydrogen) atoms. The summed E-state index contributed by atoms with van der Waals surface area (Å²) in [4.78, 5) is 0. The van der Waals surface area contributed by atoms with Crippen LogP contribution >= 0.6 is 11.9 Å². The third-order valence-electron chi connectivity index (χ3n) is 0.762. The van der Waals surface area contributed by atoms with Crippen LogP contribution in [0.5, 0.6) is 0 Å². The maximum Gasteiger partial charge on any atom is 0.00764 e. The predicted molar refractivity (Wildman–Crippen MR) is 35.9 cm³/mol. The third kappa shape index (κ3) is 6.31. The summed E-state index contributed by atoms with van der Waals surface area (Å²) in [7, 11) is 0. The molecule has 43 valence electrons. The second kappa shape index (κ2) is 6.31. The lowest BCUT2D eigenvalue weighted by Crippen LogP contribution is -1.83. The first kappa shape index (κ1) is 7.31. The molecule has 0 rings (SSSR count). The van der Waals surface area contributed by atoms with E-state index in [9.17, 15) is 0 Å². The van der Waals surface area contributed by atoms with Gasteiger partial charge in [0.05, 0.1) is 0 Å². The Morgan fingerprint density at radius 2 is 2.14 bits per heavy atom. The summed E-state index contributed by atoms with van der Waals surface area (Å²) in [6, 6.07) is 0. The average Bonchev–Trinajstić information content (AvgIpc) is 1.69. The summed E-state index contributed by atoms with van der Waals surface area (Å²) >= 11 is 1.41. The van der Waals surface area contributed by atoms with Crippen LogP contribution in [0.25, 0.3) is 0 Å². The van der Waals surface area contributed by atoms with E-state index in [0.29, 0.717) is 0 Å². The molecule has 0 aliphatic rings. The van der Waals surface area contributed by atoms with Gasteiger partial charge in [-0.1, -0.05) is 31.7 Å². The van der Waals surface area contributed by atoms with Gasteiger partial charge in [0, 0.05) is 5.75 Å². The van der Waals surface area contributed by atoms with Crippen molar-refractivity contribution in [1.82, 2.24) is 0 Å². The molecule has 0 saturated carbocycles. The van der Waals surface area contributed by atoms with Crippen molar-refractivity contribution in [2.75, 3.05) is 5.75 Å².